The van der Waals surface area contributed by atoms with Gasteiger partial charge in [0.25, 0.3) is 5.91 Å². The third-order valence-corrected chi connectivity index (χ3v) is 6.66. The fourth-order valence-electron chi connectivity index (χ4n) is 4.63. The van der Waals surface area contributed by atoms with Crippen molar-refractivity contribution in [2.75, 3.05) is 18.9 Å². The molecule has 3 aromatic heterocycles. The molecule has 1 fully saturated rings. The van der Waals surface area contributed by atoms with Crippen molar-refractivity contribution >= 4 is 28.3 Å². The normalized spacial score (nSPS) is 17.5. The van der Waals surface area contributed by atoms with Crippen LogP contribution in [0.15, 0.2) is 36.8 Å². The standard InChI is InChI=1S/C24H21F3N6O2/c1-12-6-16-17(33-11-29-8-18(33)21(28)30-16)7-15(12)23(34)32(9-13-2-3-13)19-10-35-22-14(19)4-5-20(31-22)24(25,26)27/h4-8,11,13,19H,2-3,9-10H2,1H3,(H2,28,30). The van der Waals surface area contributed by atoms with E-state index in [1.54, 1.807) is 27.9 Å². The lowest BCUT2D eigenvalue weighted by Gasteiger charge is -2.29. The van der Waals surface area contributed by atoms with Crippen LogP contribution in [0.2, 0.25) is 0 Å². The number of alkyl halides is 3. The fourth-order valence-corrected chi connectivity index (χ4v) is 4.63. The molecule has 0 saturated heterocycles. The number of carbonyl (C=O) groups excluding carboxylic acids is 1. The number of amides is 1. The molecule has 1 aliphatic heterocycles. The van der Waals surface area contributed by atoms with E-state index in [1.807, 2.05) is 13.0 Å². The van der Waals surface area contributed by atoms with Gasteiger partial charge in [0.15, 0.2) is 0 Å². The molecule has 0 radical (unpaired) electrons. The number of nitrogens with zero attached hydrogens (tertiary/aromatic N) is 5. The first-order valence-electron chi connectivity index (χ1n) is 11.2. The van der Waals surface area contributed by atoms with E-state index in [2.05, 4.69) is 15.0 Å². The van der Waals surface area contributed by atoms with Crippen LogP contribution >= 0.6 is 0 Å². The number of nitrogen functional groups attached to an aromatic ring is 1. The predicted octanol–water partition coefficient (Wildman–Crippen LogP) is 4.17. The molecule has 1 unspecified atom stereocenters. The summed E-state index contributed by atoms with van der Waals surface area (Å²) in [5.74, 6) is 0.401. The number of imidazole rings is 1. The van der Waals surface area contributed by atoms with E-state index in [4.69, 9.17) is 10.5 Å². The monoisotopic (exact) mass is 482 g/mol. The number of hydrogen-bond donors (Lipinski definition) is 1. The molecule has 1 amide bonds. The first-order chi connectivity index (χ1) is 16.7. The van der Waals surface area contributed by atoms with Crippen molar-refractivity contribution in [3.8, 4) is 5.88 Å². The van der Waals surface area contributed by atoms with Crippen molar-refractivity contribution in [1.82, 2.24) is 24.3 Å². The molecule has 1 aromatic carbocycles. The Balaban J connectivity index is 1.42. The van der Waals surface area contributed by atoms with E-state index in [-0.39, 0.29) is 18.4 Å². The minimum absolute atomic E-state index is 0.0542. The minimum atomic E-state index is -4.57. The number of benzene rings is 1. The summed E-state index contributed by atoms with van der Waals surface area (Å²) >= 11 is 0. The third-order valence-electron chi connectivity index (χ3n) is 6.66. The molecular weight excluding hydrogens is 461 g/mol. The van der Waals surface area contributed by atoms with E-state index < -0.39 is 17.9 Å². The SMILES string of the molecule is Cc1cc2nc(N)c3cncn3c2cc1C(=O)N(CC1CC1)C1COc2nc(C(F)(F)F)ccc21. The molecule has 1 saturated carbocycles. The molecule has 2 N–H and O–H groups in total. The summed E-state index contributed by atoms with van der Waals surface area (Å²) in [5, 5.41) is 0. The zero-order valence-corrected chi connectivity index (χ0v) is 18.7. The summed E-state index contributed by atoms with van der Waals surface area (Å²) in [6.45, 7) is 2.37. The number of carbonyl (C=O) groups is 1. The average Bonchev–Trinajstić information content (AvgIpc) is 3.32. The Kier molecular flexibility index (Phi) is 4.67. The Bertz CT molecular complexity index is 1490. The van der Waals surface area contributed by atoms with E-state index >= 15 is 0 Å². The number of rotatable bonds is 4. The molecule has 4 aromatic rings. The van der Waals surface area contributed by atoms with E-state index in [1.165, 1.54) is 6.07 Å². The minimum Gasteiger partial charge on any atom is -0.475 e. The summed E-state index contributed by atoms with van der Waals surface area (Å²) in [4.78, 5) is 27.9. The Morgan fingerprint density at radius 2 is 2.03 bits per heavy atom. The summed E-state index contributed by atoms with van der Waals surface area (Å²) in [7, 11) is 0. The van der Waals surface area contributed by atoms with Gasteiger partial charge in [0.05, 0.1) is 29.6 Å². The van der Waals surface area contributed by atoms with Crippen molar-refractivity contribution in [3.05, 3.63) is 59.2 Å². The van der Waals surface area contributed by atoms with Gasteiger partial charge in [-0.25, -0.2) is 15.0 Å². The number of fused-ring (bicyclic) bond motifs is 4. The van der Waals surface area contributed by atoms with Crippen molar-refractivity contribution in [2.45, 2.75) is 32.0 Å². The Morgan fingerprint density at radius 1 is 1.23 bits per heavy atom. The van der Waals surface area contributed by atoms with E-state index in [0.29, 0.717) is 46.0 Å². The van der Waals surface area contributed by atoms with Gasteiger partial charge < -0.3 is 15.4 Å². The fraction of sp³-hybridized carbons (Fsp3) is 0.333. The van der Waals surface area contributed by atoms with Crippen LogP contribution in [0, 0.1) is 12.8 Å². The quantitative estimate of drug-likeness (QED) is 0.469. The summed E-state index contributed by atoms with van der Waals surface area (Å²) in [6, 6.07) is 5.36. The molecular formula is C24H21F3N6O2. The van der Waals surface area contributed by atoms with Crippen LogP contribution in [-0.4, -0.2) is 43.3 Å². The van der Waals surface area contributed by atoms with Crippen LogP contribution in [-0.2, 0) is 6.18 Å². The van der Waals surface area contributed by atoms with Crippen molar-refractivity contribution in [3.63, 3.8) is 0 Å². The molecule has 8 nitrogen and oxygen atoms in total. The van der Waals surface area contributed by atoms with Gasteiger partial charge in [-0.05, 0) is 55.5 Å². The highest BCUT2D eigenvalue weighted by molar-refractivity contribution is 6.00. The Hall–Kier alpha value is -3.89. The molecule has 35 heavy (non-hydrogen) atoms. The maximum Gasteiger partial charge on any atom is 0.433 e. The highest BCUT2D eigenvalue weighted by atomic mass is 19.4. The topological polar surface area (TPSA) is 98.6 Å². The first kappa shape index (κ1) is 21.6. The maximum absolute atomic E-state index is 13.9. The molecule has 1 aliphatic carbocycles. The van der Waals surface area contributed by atoms with Gasteiger partial charge in [-0.1, -0.05) is 0 Å². The van der Waals surface area contributed by atoms with E-state index in [0.717, 1.165) is 24.5 Å². The van der Waals surface area contributed by atoms with Crippen LogP contribution in [0.3, 0.4) is 0 Å². The molecule has 0 spiro atoms. The van der Waals surface area contributed by atoms with Crippen molar-refractivity contribution < 1.29 is 22.7 Å². The lowest BCUT2D eigenvalue weighted by atomic mass is 10.0. The molecule has 180 valence electrons. The zero-order valence-electron chi connectivity index (χ0n) is 18.7. The van der Waals surface area contributed by atoms with Crippen LogP contribution in [0.1, 0.15) is 46.1 Å². The van der Waals surface area contributed by atoms with Gasteiger partial charge in [-0.3, -0.25) is 9.20 Å². The lowest BCUT2D eigenvalue weighted by molar-refractivity contribution is -0.141. The average molecular weight is 482 g/mol. The second-order valence-electron chi connectivity index (χ2n) is 9.12. The summed E-state index contributed by atoms with van der Waals surface area (Å²) in [6.07, 6.45) is 0.665. The van der Waals surface area contributed by atoms with Crippen LogP contribution < -0.4 is 10.5 Å². The zero-order chi connectivity index (χ0) is 24.5. The second-order valence-corrected chi connectivity index (χ2v) is 9.12. The molecule has 6 rings (SSSR count). The van der Waals surface area contributed by atoms with Gasteiger partial charge in [-0.15, -0.1) is 0 Å². The van der Waals surface area contributed by atoms with Crippen LogP contribution in [0.25, 0.3) is 16.6 Å². The third kappa shape index (κ3) is 3.62. The lowest BCUT2D eigenvalue weighted by Crippen LogP contribution is -2.37. The molecule has 4 heterocycles. The first-order valence-corrected chi connectivity index (χ1v) is 11.2. The number of ether oxygens (including phenoxy) is 1. The molecule has 2 aliphatic rings. The van der Waals surface area contributed by atoms with Gasteiger partial charge in [0, 0.05) is 17.7 Å². The maximum atomic E-state index is 13.9. The number of aryl methyl sites for hydroxylation is 1. The van der Waals surface area contributed by atoms with Gasteiger partial charge in [0.2, 0.25) is 5.88 Å². The predicted molar refractivity (Wildman–Crippen MR) is 121 cm³/mol. The van der Waals surface area contributed by atoms with E-state index in [9.17, 15) is 18.0 Å². The van der Waals surface area contributed by atoms with Gasteiger partial charge in [-0.2, -0.15) is 13.2 Å². The molecule has 1 atom stereocenters. The Labute approximate surface area is 197 Å². The summed E-state index contributed by atoms with van der Waals surface area (Å²) in [5.41, 5.74) is 8.68. The van der Waals surface area contributed by atoms with Gasteiger partial charge in [0.1, 0.15) is 23.6 Å². The Morgan fingerprint density at radius 3 is 2.77 bits per heavy atom. The van der Waals surface area contributed by atoms with Crippen molar-refractivity contribution in [1.29, 1.82) is 0 Å². The summed E-state index contributed by atoms with van der Waals surface area (Å²) < 4.78 is 46.7. The number of pyridine rings is 1. The number of aromatic nitrogens is 4. The largest absolute Gasteiger partial charge is 0.475 e. The van der Waals surface area contributed by atoms with Crippen LogP contribution in [0.5, 0.6) is 5.88 Å². The number of nitrogens with two attached hydrogens (primary N) is 1. The van der Waals surface area contributed by atoms with Crippen molar-refractivity contribution in [2.24, 2.45) is 5.92 Å². The molecule has 11 heteroatoms. The highest BCUT2D eigenvalue weighted by Crippen LogP contribution is 2.41. The van der Waals surface area contributed by atoms with Crippen LogP contribution in [0.4, 0.5) is 19.0 Å². The molecule has 0 bridgehead atoms. The number of halogens is 3. The number of hydrogen-bond acceptors (Lipinski definition) is 6. The van der Waals surface area contributed by atoms with Gasteiger partial charge >= 0.3 is 6.18 Å². The smallest absolute Gasteiger partial charge is 0.433 e. The second kappa shape index (κ2) is 7.56. The number of anilines is 1. The highest BCUT2D eigenvalue weighted by Gasteiger charge is 2.40.